The van der Waals surface area contributed by atoms with Crippen LogP contribution in [0.3, 0.4) is 0 Å². The number of rotatable bonds is 5. The quantitative estimate of drug-likeness (QED) is 0.731. The van der Waals surface area contributed by atoms with E-state index in [-0.39, 0.29) is 11.8 Å². The summed E-state index contributed by atoms with van der Waals surface area (Å²) in [6.07, 6.45) is 3.55. The summed E-state index contributed by atoms with van der Waals surface area (Å²) in [6, 6.07) is 13.7. The molecule has 1 aliphatic rings. The van der Waals surface area contributed by atoms with Crippen molar-refractivity contribution in [3.8, 4) is 0 Å². The Hall–Kier alpha value is -2.83. The first-order valence-electron chi connectivity index (χ1n) is 9.30. The summed E-state index contributed by atoms with van der Waals surface area (Å²) in [4.78, 5) is 24.2. The zero-order chi connectivity index (χ0) is 18.6. The second-order valence-corrected chi connectivity index (χ2v) is 6.75. The average Bonchev–Trinajstić information content (AvgIpc) is 3.26. The van der Waals surface area contributed by atoms with E-state index < -0.39 is 0 Å². The number of carbonyl (C=O) groups is 1. The topological polar surface area (TPSA) is 70.2 Å². The normalized spacial score (nSPS) is 14.6. The van der Waals surface area contributed by atoms with Crippen LogP contribution < -0.4 is 10.9 Å². The van der Waals surface area contributed by atoms with Gasteiger partial charge in [-0.15, -0.1) is 0 Å². The zero-order valence-electron chi connectivity index (χ0n) is 15.4. The third kappa shape index (κ3) is 3.67. The van der Waals surface area contributed by atoms with Crippen LogP contribution in [0.1, 0.15) is 34.5 Å². The standard InChI is InChI=1S/C21H23N5O/c1-2-26(14-15-6-5-9-22-11-15)21(27)18-10-20(16-12-23-24-13-16)25-19-8-4-3-7-17(18)19/h3-11,16,23-24H,2,12-14H2,1H3. The molecule has 1 saturated heterocycles. The van der Waals surface area contributed by atoms with E-state index in [9.17, 15) is 4.79 Å². The van der Waals surface area contributed by atoms with Crippen molar-refractivity contribution in [3.05, 3.63) is 71.7 Å². The monoisotopic (exact) mass is 361 g/mol. The summed E-state index contributed by atoms with van der Waals surface area (Å²) in [5.74, 6) is 0.287. The van der Waals surface area contributed by atoms with Crippen LogP contribution in [0.5, 0.6) is 0 Å². The lowest BCUT2D eigenvalue weighted by Crippen LogP contribution is -2.30. The van der Waals surface area contributed by atoms with E-state index in [4.69, 9.17) is 4.98 Å². The fourth-order valence-corrected chi connectivity index (χ4v) is 3.46. The highest BCUT2D eigenvalue weighted by Gasteiger charge is 2.23. The molecule has 3 aromatic rings. The van der Waals surface area contributed by atoms with E-state index in [0.29, 0.717) is 18.7 Å². The zero-order valence-corrected chi connectivity index (χ0v) is 15.4. The van der Waals surface area contributed by atoms with Crippen LogP contribution in [-0.4, -0.2) is 40.4 Å². The van der Waals surface area contributed by atoms with Gasteiger partial charge in [-0.1, -0.05) is 24.3 Å². The number of nitrogens with zero attached hydrogens (tertiary/aromatic N) is 3. The van der Waals surface area contributed by atoms with Gasteiger partial charge in [-0.3, -0.25) is 25.6 Å². The lowest BCUT2D eigenvalue weighted by atomic mass is 10.00. The third-order valence-corrected chi connectivity index (χ3v) is 4.97. The molecule has 0 radical (unpaired) electrons. The van der Waals surface area contributed by atoms with Gasteiger partial charge in [0.25, 0.3) is 5.91 Å². The van der Waals surface area contributed by atoms with E-state index in [1.54, 1.807) is 6.20 Å². The number of hydrazine groups is 1. The van der Waals surface area contributed by atoms with Crippen LogP contribution in [0, 0.1) is 0 Å². The Morgan fingerprint density at radius 3 is 2.74 bits per heavy atom. The highest BCUT2D eigenvalue weighted by molar-refractivity contribution is 6.06. The SMILES string of the molecule is CCN(Cc1cccnc1)C(=O)c1cc(C2CNNC2)nc2ccccc12. The molecule has 138 valence electrons. The minimum Gasteiger partial charge on any atom is -0.335 e. The second-order valence-electron chi connectivity index (χ2n) is 6.75. The van der Waals surface area contributed by atoms with Crippen LogP contribution in [0.25, 0.3) is 10.9 Å². The fraction of sp³-hybridized carbons (Fsp3) is 0.286. The van der Waals surface area contributed by atoms with Gasteiger partial charge in [0.15, 0.2) is 0 Å². The molecule has 0 spiro atoms. The molecule has 3 heterocycles. The summed E-state index contributed by atoms with van der Waals surface area (Å²) in [6.45, 7) is 4.80. The van der Waals surface area contributed by atoms with Crippen LogP contribution in [0.4, 0.5) is 0 Å². The maximum Gasteiger partial charge on any atom is 0.254 e. The second kappa shape index (κ2) is 7.82. The van der Waals surface area contributed by atoms with Crippen molar-refractivity contribution < 1.29 is 4.79 Å². The Labute approximate surface area is 158 Å². The number of fused-ring (bicyclic) bond motifs is 1. The first-order chi connectivity index (χ1) is 13.3. The van der Waals surface area contributed by atoms with Crippen molar-refractivity contribution in [2.45, 2.75) is 19.4 Å². The maximum absolute atomic E-state index is 13.4. The summed E-state index contributed by atoms with van der Waals surface area (Å²) in [5.41, 5.74) is 9.84. The number of hydrogen-bond acceptors (Lipinski definition) is 5. The van der Waals surface area contributed by atoms with Crippen molar-refractivity contribution in [2.75, 3.05) is 19.6 Å². The molecule has 27 heavy (non-hydrogen) atoms. The minimum atomic E-state index is 0.0279. The van der Waals surface area contributed by atoms with Gasteiger partial charge >= 0.3 is 0 Å². The van der Waals surface area contributed by atoms with E-state index in [1.165, 1.54) is 0 Å². The van der Waals surface area contributed by atoms with Crippen LogP contribution >= 0.6 is 0 Å². The van der Waals surface area contributed by atoms with Gasteiger partial charge in [0.05, 0.1) is 11.1 Å². The molecule has 0 saturated carbocycles. The first kappa shape index (κ1) is 17.6. The van der Waals surface area contributed by atoms with Crippen molar-refractivity contribution in [1.29, 1.82) is 0 Å². The molecule has 2 aromatic heterocycles. The van der Waals surface area contributed by atoms with Gasteiger partial charge < -0.3 is 4.90 Å². The van der Waals surface area contributed by atoms with Crippen molar-refractivity contribution in [1.82, 2.24) is 25.7 Å². The Bertz CT molecular complexity index is 938. The van der Waals surface area contributed by atoms with Crippen molar-refractivity contribution >= 4 is 16.8 Å². The Morgan fingerprint density at radius 2 is 2.00 bits per heavy atom. The van der Waals surface area contributed by atoms with Crippen LogP contribution in [0.2, 0.25) is 0 Å². The van der Waals surface area contributed by atoms with Gasteiger partial charge in [-0.2, -0.15) is 0 Å². The predicted molar refractivity (Wildman–Crippen MR) is 105 cm³/mol. The Balaban J connectivity index is 1.72. The van der Waals surface area contributed by atoms with Crippen molar-refractivity contribution in [2.24, 2.45) is 0 Å². The molecule has 0 aliphatic carbocycles. The Kier molecular flexibility index (Phi) is 5.09. The van der Waals surface area contributed by atoms with Gasteiger partial charge in [0.2, 0.25) is 0 Å². The largest absolute Gasteiger partial charge is 0.335 e. The Morgan fingerprint density at radius 1 is 1.19 bits per heavy atom. The number of carbonyl (C=O) groups excluding carboxylic acids is 1. The highest BCUT2D eigenvalue weighted by atomic mass is 16.2. The van der Waals surface area contributed by atoms with Gasteiger partial charge in [-0.05, 0) is 30.7 Å². The number of para-hydroxylation sites is 1. The van der Waals surface area contributed by atoms with Gasteiger partial charge in [0, 0.05) is 55.6 Å². The molecule has 1 aliphatic heterocycles. The number of pyridine rings is 2. The summed E-state index contributed by atoms with van der Waals surface area (Å²) in [5, 5.41) is 0.898. The molecule has 1 aromatic carbocycles. The first-order valence-corrected chi connectivity index (χ1v) is 9.30. The molecule has 0 atom stereocenters. The predicted octanol–water partition coefficient (Wildman–Crippen LogP) is 2.48. The average molecular weight is 361 g/mol. The molecule has 6 heteroatoms. The molecule has 0 bridgehead atoms. The van der Waals surface area contributed by atoms with Gasteiger partial charge in [-0.25, -0.2) is 0 Å². The van der Waals surface area contributed by atoms with E-state index in [1.807, 2.05) is 60.5 Å². The van der Waals surface area contributed by atoms with E-state index in [2.05, 4.69) is 15.8 Å². The van der Waals surface area contributed by atoms with Crippen LogP contribution in [0.15, 0.2) is 54.9 Å². The van der Waals surface area contributed by atoms with E-state index in [0.717, 1.165) is 35.2 Å². The smallest absolute Gasteiger partial charge is 0.254 e. The molecular weight excluding hydrogens is 338 g/mol. The molecule has 2 N–H and O–H groups in total. The number of nitrogens with one attached hydrogen (secondary N) is 2. The lowest BCUT2D eigenvalue weighted by Gasteiger charge is -2.22. The number of amides is 1. The van der Waals surface area contributed by atoms with Gasteiger partial charge in [0.1, 0.15) is 0 Å². The summed E-state index contributed by atoms with van der Waals surface area (Å²) >= 11 is 0. The van der Waals surface area contributed by atoms with Crippen LogP contribution in [-0.2, 0) is 6.54 Å². The molecule has 0 unspecified atom stereocenters. The van der Waals surface area contributed by atoms with E-state index >= 15 is 0 Å². The maximum atomic E-state index is 13.4. The number of benzene rings is 1. The number of hydrogen-bond donors (Lipinski definition) is 2. The molecule has 4 rings (SSSR count). The highest BCUT2D eigenvalue weighted by Crippen LogP contribution is 2.25. The fourth-order valence-electron chi connectivity index (χ4n) is 3.46. The lowest BCUT2D eigenvalue weighted by molar-refractivity contribution is 0.0754. The molecular formula is C21H23N5O. The molecule has 6 nitrogen and oxygen atoms in total. The summed E-state index contributed by atoms with van der Waals surface area (Å²) < 4.78 is 0. The third-order valence-electron chi connectivity index (χ3n) is 4.97. The molecule has 1 fully saturated rings. The minimum absolute atomic E-state index is 0.0279. The molecule has 1 amide bonds. The summed E-state index contributed by atoms with van der Waals surface area (Å²) in [7, 11) is 0. The van der Waals surface area contributed by atoms with Crippen molar-refractivity contribution in [3.63, 3.8) is 0 Å². The number of aromatic nitrogens is 2.